The second-order valence-corrected chi connectivity index (χ2v) is 5.07. The van der Waals surface area contributed by atoms with Crippen molar-refractivity contribution in [3.05, 3.63) is 5.28 Å². The van der Waals surface area contributed by atoms with E-state index in [1.54, 1.807) is 0 Å². The van der Waals surface area contributed by atoms with Crippen LogP contribution in [0.15, 0.2) is 0 Å². The molecule has 7 heteroatoms. The molecule has 0 bridgehead atoms. The second-order valence-electron chi connectivity index (χ2n) is 3.75. The third-order valence-corrected chi connectivity index (χ3v) is 3.19. The Hall–Kier alpha value is -0.750. The molecule has 0 aliphatic heterocycles. The fourth-order valence-electron chi connectivity index (χ4n) is 1.43. The summed E-state index contributed by atoms with van der Waals surface area (Å²) in [6, 6.07) is 0.234. The van der Waals surface area contributed by atoms with Gasteiger partial charge in [-0.2, -0.15) is 26.7 Å². The molecule has 1 N–H and O–H groups in total. The van der Waals surface area contributed by atoms with E-state index in [-0.39, 0.29) is 11.3 Å². The van der Waals surface area contributed by atoms with Crippen molar-refractivity contribution in [2.75, 3.05) is 31.0 Å². The maximum Gasteiger partial charge on any atom is 0.322 e. The topological polar surface area (TPSA) is 59.9 Å². The van der Waals surface area contributed by atoms with Crippen molar-refractivity contribution in [2.45, 2.75) is 25.7 Å². The minimum absolute atomic E-state index is 0.143. The van der Waals surface area contributed by atoms with Gasteiger partial charge in [0.1, 0.15) is 0 Å². The molecular weight excluding hydrogens is 272 g/mol. The molecule has 1 heterocycles. The fraction of sp³-hybridized carbons (Fsp3) is 0.727. The molecule has 0 spiro atoms. The van der Waals surface area contributed by atoms with E-state index in [2.05, 4.69) is 26.5 Å². The first-order valence-corrected chi connectivity index (χ1v) is 7.72. The third kappa shape index (κ3) is 6.26. The van der Waals surface area contributed by atoms with Crippen molar-refractivity contribution in [3.63, 3.8) is 0 Å². The number of hydrogen-bond acceptors (Lipinski definition) is 6. The van der Waals surface area contributed by atoms with Crippen LogP contribution in [0.3, 0.4) is 0 Å². The average Bonchev–Trinajstić information content (AvgIpc) is 2.37. The van der Waals surface area contributed by atoms with E-state index >= 15 is 0 Å². The van der Waals surface area contributed by atoms with E-state index in [9.17, 15) is 0 Å². The SMILES string of the molecule is COc1nc(Cl)nc(NCCCCCCSC)n1. The van der Waals surface area contributed by atoms with Crippen LogP contribution < -0.4 is 10.1 Å². The van der Waals surface area contributed by atoms with Gasteiger partial charge in [-0.1, -0.05) is 12.8 Å². The van der Waals surface area contributed by atoms with E-state index in [0.717, 1.165) is 13.0 Å². The number of thioether (sulfide) groups is 1. The van der Waals surface area contributed by atoms with Gasteiger partial charge in [0.05, 0.1) is 7.11 Å². The zero-order valence-electron chi connectivity index (χ0n) is 10.8. The molecule has 1 aromatic rings. The molecule has 0 atom stereocenters. The Morgan fingerprint density at radius 3 is 2.67 bits per heavy atom. The van der Waals surface area contributed by atoms with Crippen LogP contribution in [0.5, 0.6) is 6.01 Å². The van der Waals surface area contributed by atoms with Crippen LogP contribution in [-0.2, 0) is 0 Å². The van der Waals surface area contributed by atoms with Crippen LogP contribution >= 0.6 is 23.4 Å². The van der Waals surface area contributed by atoms with Crippen molar-refractivity contribution >= 4 is 29.3 Å². The molecule has 0 fully saturated rings. The van der Waals surface area contributed by atoms with Crippen LogP contribution in [0.25, 0.3) is 0 Å². The largest absolute Gasteiger partial charge is 0.467 e. The molecule has 1 rings (SSSR count). The normalized spacial score (nSPS) is 10.4. The maximum atomic E-state index is 5.74. The maximum absolute atomic E-state index is 5.74. The number of methoxy groups -OCH3 is 1. The molecule has 102 valence electrons. The van der Waals surface area contributed by atoms with Gasteiger partial charge in [-0.15, -0.1) is 0 Å². The molecule has 0 radical (unpaired) electrons. The number of ether oxygens (including phenoxy) is 1. The standard InChI is InChI=1S/C11H19ClN4OS/c1-17-11-15-9(12)14-10(16-11)13-7-5-3-4-6-8-18-2/h3-8H2,1-2H3,(H,13,14,15,16). The highest BCUT2D eigenvalue weighted by Crippen LogP contribution is 2.11. The van der Waals surface area contributed by atoms with Crippen LogP contribution in [0.1, 0.15) is 25.7 Å². The van der Waals surface area contributed by atoms with Gasteiger partial charge in [0, 0.05) is 6.54 Å². The van der Waals surface area contributed by atoms with Crippen LogP contribution in [0.2, 0.25) is 5.28 Å². The zero-order valence-corrected chi connectivity index (χ0v) is 12.4. The molecule has 0 unspecified atom stereocenters. The van der Waals surface area contributed by atoms with Crippen LogP contribution in [-0.4, -0.2) is 40.6 Å². The summed E-state index contributed by atoms with van der Waals surface area (Å²) < 4.78 is 4.92. The number of nitrogens with one attached hydrogen (secondary N) is 1. The summed E-state index contributed by atoms with van der Waals surface area (Å²) in [6.07, 6.45) is 7.00. The molecule has 0 aromatic carbocycles. The van der Waals surface area contributed by atoms with E-state index in [1.807, 2.05) is 11.8 Å². The Labute approximate surface area is 117 Å². The number of aromatic nitrogens is 3. The number of halogens is 1. The van der Waals surface area contributed by atoms with Crippen molar-refractivity contribution < 1.29 is 4.74 Å². The lowest BCUT2D eigenvalue weighted by atomic mass is 10.2. The first-order valence-electron chi connectivity index (χ1n) is 5.94. The van der Waals surface area contributed by atoms with Gasteiger partial charge in [0.15, 0.2) is 0 Å². The summed E-state index contributed by atoms with van der Waals surface area (Å²) in [5.74, 6) is 1.71. The predicted molar refractivity (Wildman–Crippen MR) is 76.7 cm³/mol. The lowest BCUT2D eigenvalue weighted by Crippen LogP contribution is -2.07. The summed E-state index contributed by atoms with van der Waals surface area (Å²) >= 11 is 7.64. The molecular formula is C11H19ClN4OS. The Morgan fingerprint density at radius 1 is 1.17 bits per heavy atom. The molecule has 5 nitrogen and oxygen atoms in total. The Kier molecular flexibility index (Phi) is 7.84. The second kappa shape index (κ2) is 9.22. The monoisotopic (exact) mass is 290 g/mol. The van der Waals surface area contributed by atoms with Crippen molar-refractivity contribution in [2.24, 2.45) is 0 Å². The minimum Gasteiger partial charge on any atom is -0.467 e. The third-order valence-electron chi connectivity index (χ3n) is 2.33. The van der Waals surface area contributed by atoms with Crippen LogP contribution in [0.4, 0.5) is 5.95 Å². The highest BCUT2D eigenvalue weighted by molar-refractivity contribution is 7.98. The van der Waals surface area contributed by atoms with Crippen molar-refractivity contribution in [1.29, 1.82) is 0 Å². The molecule has 0 aliphatic rings. The molecule has 18 heavy (non-hydrogen) atoms. The van der Waals surface area contributed by atoms with Gasteiger partial charge in [-0.3, -0.25) is 0 Å². The lowest BCUT2D eigenvalue weighted by molar-refractivity contribution is 0.379. The van der Waals surface area contributed by atoms with Crippen LogP contribution in [0, 0.1) is 0 Å². The molecule has 0 saturated heterocycles. The zero-order chi connectivity index (χ0) is 13.2. The van der Waals surface area contributed by atoms with E-state index in [4.69, 9.17) is 16.3 Å². The summed E-state index contributed by atoms with van der Waals surface area (Å²) in [7, 11) is 1.50. The quantitative estimate of drug-likeness (QED) is 0.706. The van der Waals surface area contributed by atoms with Crippen molar-refractivity contribution in [1.82, 2.24) is 15.0 Å². The van der Waals surface area contributed by atoms with E-state index in [1.165, 1.54) is 32.1 Å². The Bertz CT molecular complexity index is 354. The number of anilines is 1. The smallest absolute Gasteiger partial charge is 0.322 e. The molecule has 1 aromatic heterocycles. The molecule has 0 amide bonds. The number of hydrogen-bond donors (Lipinski definition) is 1. The molecule has 0 aliphatic carbocycles. The number of unbranched alkanes of at least 4 members (excludes halogenated alkanes) is 3. The minimum atomic E-state index is 0.143. The average molecular weight is 291 g/mol. The van der Waals surface area contributed by atoms with Gasteiger partial charge in [-0.05, 0) is 36.5 Å². The number of nitrogens with zero attached hydrogens (tertiary/aromatic N) is 3. The van der Waals surface area contributed by atoms with Gasteiger partial charge >= 0.3 is 6.01 Å². The predicted octanol–water partition coefficient (Wildman–Crippen LogP) is 2.87. The first kappa shape index (κ1) is 15.3. The highest BCUT2D eigenvalue weighted by Gasteiger charge is 2.03. The van der Waals surface area contributed by atoms with E-state index < -0.39 is 0 Å². The summed E-state index contributed by atoms with van der Waals surface area (Å²) in [5.41, 5.74) is 0. The first-order chi connectivity index (χ1) is 8.76. The Balaban J connectivity index is 2.20. The van der Waals surface area contributed by atoms with Gasteiger partial charge in [-0.25, -0.2) is 0 Å². The Morgan fingerprint density at radius 2 is 1.94 bits per heavy atom. The van der Waals surface area contributed by atoms with Gasteiger partial charge in [0.25, 0.3) is 0 Å². The summed E-state index contributed by atoms with van der Waals surface area (Å²) in [6.45, 7) is 0.836. The summed E-state index contributed by atoms with van der Waals surface area (Å²) in [5, 5.41) is 3.26. The van der Waals surface area contributed by atoms with Gasteiger partial charge in [0.2, 0.25) is 11.2 Å². The lowest BCUT2D eigenvalue weighted by Gasteiger charge is -2.05. The van der Waals surface area contributed by atoms with Crippen molar-refractivity contribution in [3.8, 4) is 6.01 Å². The van der Waals surface area contributed by atoms with E-state index in [0.29, 0.717) is 5.95 Å². The molecule has 0 saturated carbocycles. The highest BCUT2D eigenvalue weighted by atomic mass is 35.5. The fourth-order valence-corrected chi connectivity index (χ4v) is 2.07. The van der Waals surface area contributed by atoms with Gasteiger partial charge < -0.3 is 10.1 Å². The summed E-state index contributed by atoms with van der Waals surface area (Å²) in [4.78, 5) is 11.8. The number of rotatable bonds is 9.